The van der Waals surface area contributed by atoms with Gasteiger partial charge in [0.1, 0.15) is 11.8 Å². The monoisotopic (exact) mass is 192 g/mol. The Morgan fingerprint density at radius 2 is 2.15 bits per heavy atom. The Bertz CT molecular complexity index is 390. The predicted octanol–water partition coefficient (Wildman–Crippen LogP) is 2.11. The number of nitriles is 2. The molecule has 0 unspecified atom stereocenters. The average Bonchev–Trinajstić information content (AvgIpc) is 2.16. The largest absolute Gasteiger partial charge is 0.477 e. The molecule has 0 aliphatic heterocycles. The first kappa shape index (κ1) is 9.38. The molecule has 0 aliphatic rings. The standard InChI is InChI=1S/C9H5ClN2O/c10-8-5-7(6-12)1-2-9(8)13-4-3-11/h1-2,5H,4H2. The molecule has 3 nitrogen and oxygen atoms in total. The molecule has 0 saturated carbocycles. The molecule has 4 heteroatoms. The number of benzene rings is 1. The van der Waals surface area contributed by atoms with Crippen LogP contribution < -0.4 is 4.74 Å². The van der Waals surface area contributed by atoms with Gasteiger partial charge in [-0.15, -0.1) is 0 Å². The summed E-state index contributed by atoms with van der Waals surface area (Å²) in [5.41, 5.74) is 0.467. The Hall–Kier alpha value is -1.71. The van der Waals surface area contributed by atoms with Crippen molar-refractivity contribution in [3.8, 4) is 17.9 Å². The van der Waals surface area contributed by atoms with E-state index in [4.69, 9.17) is 26.9 Å². The average molecular weight is 193 g/mol. The molecule has 0 aliphatic carbocycles. The van der Waals surface area contributed by atoms with Crippen LogP contribution in [0.5, 0.6) is 5.75 Å². The number of hydrogen-bond acceptors (Lipinski definition) is 3. The zero-order chi connectivity index (χ0) is 9.68. The van der Waals surface area contributed by atoms with Gasteiger partial charge < -0.3 is 4.74 Å². The molecule has 0 heterocycles. The van der Waals surface area contributed by atoms with Gasteiger partial charge in [-0.2, -0.15) is 10.5 Å². The van der Waals surface area contributed by atoms with Crippen LogP contribution in [0.3, 0.4) is 0 Å². The molecule has 0 radical (unpaired) electrons. The third-order valence-electron chi connectivity index (χ3n) is 1.35. The molecule has 0 fully saturated rings. The third-order valence-corrected chi connectivity index (χ3v) is 1.65. The molecular weight excluding hydrogens is 188 g/mol. The minimum absolute atomic E-state index is 0.0500. The second-order valence-electron chi connectivity index (χ2n) is 2.20. The van der Waals surface area contributed by atoms with Crippen molar-refractivity contribution in [2.24, 2.45) is 0 Å². The summed E-state index contributed by atoms with van der Waals surface area (Å²) in [6.07, 6.45) is 0. The first-order chi connectivity index (χ1) is 6.27. The third kappa shape index (κ3) is 2.37. The molecule has 0 atom stereocenters. The fourth-order valence-corrected chi connectivity index (χ4v) is 1.03. The summed E-state index contributed by atoms with van der Waals surface area (Å²) in [7, 11) is 0. The minimum atomic E-state index is -0.0500. The topological polar surface area (TPSA) is 56.8 Å². The maximum atomic E-state index is 8.53. The molecule has 13 heavy (non-hydrogen) atoms. The highest BCUT2D eigenvalue weighted by molar-refractivity contribution is 6.32. The summed E-state index contributed by atoms with van der Waals surface area (Å²) in [5, 5.41) is 17.1. The van der Waals surface area contributed by atoms with Crippen molar-refractivity contribution in [2.45, 2.75) is 0 Å². The lowest BCUT2D eigenvalue weighted by Gasteiger charge is -2.02. The molecule has 0 saturated heterocycles. The Labute approximate surface area is 80.7 Å². The SMILES string of the molecule is N#CCOc1ccc(C#N)cc1Cl. The summed E-state index contributed by atoms with van der Waals surface area (Å²) >= 11 is 5.76. The molecule has 0 aromatic heterocycles. The lowest BCUT2D eigenvalue weighted by atomic mass is 10.2. The van der Waals surface area contributed by atoms with Gasteiger partial charge in [-0.3, -0.25) is 0 Å². The van der Waals surface area contributed by atoms with Gasteiger partial charge in [-0.1, -0.05) is 11.6 Å². The molecule has 0 bridgehead atoms. The summed E-state index contributed by atoms with van der Waals surface area (Å²) in [6.45, 7) is -0.0500. The molecule has 64 valence electrons. The van der Waals surface area contributed by atoms with Crippen LogP contribution in [-0.4, -0.2) is 6.61 Å². The first-order valence-electron chi connectivity index (χ1n) is 3.47. The van der Waals surface area contributed by atoms with Crippen LogP contribution in [0.1, 0.15) is 5.56 Å². The van der Waals surface area contributed by atoms with Crippen LogP contribution in [0.15, 0.2) is 18.2 Å². The molecule has 0 N–H and O–H groups in total. The van der Waals surface area contributed by atoms with Crippen molar-refractivity contribution in [3.05, 3.63) is 28.8 Å². The summed E-state index contributed by atoms with van der Waals surface area (Å²) in [5.74, 6) is 0.419. The van der Waals surface area contributed by atoms with E-state index >= 15 is 0 Å². The van der Waals surface area contributed by atoms with Crippen LogP contribution in [-0.2, 0) is 0 Å². The van der Waals surface area contributed by atoms with Crippen LogP contribution in [0.4, 0.5) is 0 Å². The number of nitrogens with zero attached hydrogens (tertiary/aromatic N) is 2. The molecule has 1 aromatic carbocycles. The Kier molecular flexibility index (Phi) is 3.14. The summed E-state index contributed by atoms with van der Waals surface area (Å²) in [4.78, 5) is 0. The lowest BCUT2D eigenvalue weighted by molar-refractivity contribution is 0.368. The van der Waals surface area contributed by atoms with E-state index < -0.39 is 0 Å². The Morgan fingerprint density at radius 1 is 1.38 bits per heavy atom. The summed E-state index contributed by atoms with van der Waals surface area (Å²) in [6, 6.07) is 8.42. The molecule has 1 aromatic rings. The molecule has 1 rings (SSSR count). The van der Waals surface area contributed by atoms with Gasteiger partial charge in [0.25, 0.3) is 0 Å². The van der Waals surface area contributed by atoms with Crippen molar-refractivity contribution >= 4 is 11.6 Å². The van der Waals surface area contributed by atoms with E-state index in [0.29, 0.717) is 16.3 Å². The van der Waals surface area contributed by atoms with Gasteiger partial charge in [-0.25, -0.2) is 0 Å². The zero-order valence-electron chi connectivity index (χ0n) is 6.62. The van der Waals surface area contributed by atoms with E-state index in [1.54, 1.807) is 12.1 Å². The van der Waals surface area contributed by atoms with Gasteiger partial charge in [0.05, 0.1) is 16.7 Å². The Morgan fingerprint density at radius 3 is 2.69 bits per heavy atom. The van der Waals surface area contributed by atoms with Gasteiger partial charge in [0.15, 0.2) is 6.61 Å². The molecule has 0 amide bonds. The fourth-order valence-electron chi connectivity index (χ4n) is 0.797. The number of ether oxygens (including phenoxy) is 1. The second-order valence-corrected chi connectivity index (χ2v) is 2.61. The normalized spacial score (nSPS) is 8.54. The van der Waals surface area contributed by atoms with Crippen molar-refractivity contribution in [2.75, 3.05) is 6.61 Å². The van der Waals surface area contributed by atoms with E-state index in [9.17, 15) is 0 Å². The van der Waals surface area contributed by atoms with Crippen LogP contribution >= 0.6 is 11.6 Å². The highest BCUT2D eigenvalue weighted by atomic mass is 35.5. The van der Waals surface area contributed by atoms with Gasteiger partial charge in [0, 0.05) is 0 Å². The van der Waals surface area contributed by atoms with Crippen LogP contribution in [0.25, 0.3) is 0 Å². The molecular formula is C9H5ClN2O. The smallest absolute Gasteiger partial charge is 0.174 e. The second kappa shape index (κ2) is 4.35. The fraction of sp³-hybridized carbons (Fsp3) is 0.111. The highest BCUT2D eigenvalue weighted by Gasteiger charge is 2.01. The highest BCUT2D eigenvalue weighted by Crippen LogP contribution is 2.24. The predicted molar refractivity (Wildman–Crippen MR) is 47.3 cm³/mol. The first-order valence-corrected chi connectivity index (χ1v) is 3.85. The maximum absolute atomic E-state index is 8.53. The van der Waals surface area contributed by atoms with E-state index in [0.717, 1.165) is 0 Å². The number of rotatable bonds is 2. The zero-order valence-corrected chi connectivity index (χ0v) is 7.38. The van der Waals surface area contributed by atoms with Gasteiger partial charge >= 0.3 is 0 Å². The minimum Gasteiger partial charge on any atom is -0.477 e. The van der Waals surface area contributed by atoms with Crippen molar-refractivity contribution in [1.29, 1.82) is 10.5 Å². The van der Waals surface area contributed by atoms with Crippen LogP contribution in [0.2, 0.25) is 5.02 Å². The summed E-state index contributed by atoms with van der Waals surface area (Å²) < 4.78 is 4.98. The van der Waals surface area contributed by atoms with Crippen molar-refractivity contribution in [1.82, 2.24) is 0 Å². The lowest BCUT2D eigenvalue weighted by Crippen LogP contribution is -1.94. The van der Waals surface area contributed by atoms with E-state index in [2.05, 4.69) is 0 Å². The Balaban J connectivity index is 2.88. The van der Waals surface area contributed by atoms with Crippen molar-refractivity contribution in [3.63, 3.8) is 0 Å². The van der Waals surface area contributed by atoms with E-state index in [1.807, 2.05) is 12.1 Å². The molecule has 0 spiro atoms. The van der Waals surface area contributed by atoms with Crippen molar-refractivity contribution < 1.29 is 4.74 Å². The number of hydrogen-bond donors (Lipinski definition) is 0. The maximum Gasteiger partial charge on any atom is 0.174 e. The van der Waals surface area contributed by atoms with E-state index in [-0.39, 0.29) is 6.61 Å². The number of halogens is 1. The van der Waals surface area contributed by atoms with Crippen LogP contribution in [0, 0.1) is 22.7 Å². The van der Waals surface area contributed by atoms with Gasteiger partial charge in [-0.05, 0) is 18.2 Å². The van der Waals surface area contributed by atoms with E-state index in [1.165, 1.54) is 6.07 Å². The van der Waals surface area contributed by atoms with Gasteiger partial charge in [0.2, 0.25) is 0 Å². The quantitative estimate of drug-likeness (QED) is 0.721.